The summed E-state index contributed by atoms with van der Waals surface area (Å²) in [4.78, 5) is 10.8. The molecule has 0 aliphatic carbocycles. The zero-order chi connectivity index (χ0) is 14.7. The third kappa shape index (κ3) is 3.05. The average molecular weight is 296 g/mol. The van der Waals surface area contributed by atoms with Crippen molar-refractivity contribution >= 4 is 23.3 Å². The molecular weight excluding hydrogens is 282 g/mol. The number of aromatic carboxylic acids is 1. The molecule has 20 heavy (non-hydrogen) atoms. The van der Waals surface area contributed by atoms with Gasteiger partial charge in [-0.25, -0.2) is 4.79 Å². The highest BCUT2D eigenvalue weighted by Gasteiger charge is 2.15. The molecule has 0 amide bonds. The largest absolute Gasteiger partial charge is 0.495 e. The summed E-state index contributed by atoms with van der Waals surface area (Å²) in [5.74, 6) is -0.0220. The molecule has 1 atom stereocenters. The second kappa shape index (κ2) is 5.88. The lowest BCUT2D eigenvalue weighted by Crippen LogP contribution is -2.07. The Bertz CT molecular complexity index is 623. The van der Waals surface area contributed by atoms with E-state index < -0.39 is 5.97 Å². The van der Waals surface area contributed by atoms with Crippen molar-refractivity contribution in [1.29, 1.82) is 0 Å². The topological polar surface area (TPSA) is 71.7 Å². The number of rotatable bonds is 5. The van der Waals surface area contributed by atoms with Crippen LogP contribution in [-0.2, 0) is 0 Å². The first kappa shape index (κ1) is 14.3. The van der Waals surface area contributed by atoms with E-state index in [-0.39, 0.29) is 11.8 Å². The van der Waals surface area contributed by atoms with E-state index in [4.69, 9.17) is 25.9 Å². The van der Waals surface area contributed by atoms with Gasteiger partial charge >= 0.3 is 5.97 Å². The van der Waals surface area contributed by atoms with Crippen molar-refractivity contribution in [2.24, 2.45) is 0 Å². The minimum absolute atomic E-state index is 0.0910. The Labute approximate surface area is 121 Å². The number of nitrogens with one attached hydrogen (secondary N) is 1. The van der Waals surface area contributed by atoms with Crippen molar-refractivity contribution in [2.45, 2.75) is 13.0 Å². The second-order valence-corrected chi connectivity index (χ2v) is 4.65. The Balaban J connectivity index is 2.20. The number of anilines is 1. The summed E-state index contributed by atoms with van der Waals surface area (Å²) in [5, 5.41) is 12.6. The van der Waals surface area contributed by atoms with Crippen LogP contribution in [0.3, 0.4) is 0 Å². The first-order chi connectivity index (χ1) is 9.51. The van der Waals surface area contributed by atoms with Crippen molar-refractivity contribution in [3.63, 3.8) is 0 Å². The summed E-state index contributed by atoms with van der Waals surface area (Å²) in [7, 11) is 1.56. The summed E-state index contributed by atoms with van der Waals surface area (Å²) >= 11 is 5.95. The first-order valence-corrected chi connectivity index (χ1v) is 6.32. The molecule has 2 rings (SSSR count). The lowest BCUT2D eigenvalue weighted by molar-refractivity contribution is 0.0660. The lowest BCUT2D eigenvalue weighted by atomic mass is 10.2. The highest BCUT2D eigenvalue weighted by atomic mass is 35.5. The van der Waals surface area contributed by atoms with Gasteiger partial charge in [0, 0.05) is 5.02 Å². The summed E-state index contributed by atoms with van der Waals surface area (Å²) in [5.41, 5.74) is 0.709. The van der Waals surface area contributed by atoms with Gasteiger partial charge in [-0.3, -0.25) is 0 Å². The van der Waals surface area contributed by atoms with Gasteiger partial charge in [-0.15, -0.1) is 0 Å². The summed E-state index contributed by atoms with van der Waals surface area (Å²) in [6, 6.07) is 8.03. The van der Waals surface area contributed by atoms with Crippen molar-refractivity contribution in [1.82, 2.24) is 0 Å². The van der Waals surface area contributed by atoms with Gasteiger partial charge in [0.1, 0.15) is 11.5 Å². The van der Waals surface area contributed by atoms with Gasteiger partial charge in [0.05, 0.1) is 18.8 Å². The third-order valence-corrected chi connectivity index (χ3v) is 3.03. The van der Waals surface area contributed by atoms with E-state index in [0.29, 0.717) is 22.2 Å². The predicted octanol–water partition coefficient (Wildman–Crippen LogP) is 3.81. The molecule has 0 spiro atoms. The molecule has 2 aromatic rings. The molecule has 106 valence electrons. The van der Waals surface area contributed by atoms with E-state index in [1.807, 2.05) is 6.92 Å². The summed E-state index contributed by atoms with van der Waals surface area (Å²) in [6.45, 7) is 1.85. The Kier molecular flexibility index (Phi) is 4.20. The predicted molar refractivity (Wildman–Crippen MR) is 75.7 cm³/mol. The Morgan fingerprint density at radius 2 is 2.15 bits per heavy atom. The van der Waals surface area contributed by atoms with Crippen molar-refractivity contribution in [3.05, 3.63) is 46.9 Å². The van der Waals surface area contributed by atoms with Gasteiger partial charge in [0.2, 0.25) is 5.76 Å². The SMILES string of the molecule is COc1ccc(Cl)cc1NC(C)c1ccc(C(=O)O)o1. The van der Waals surface area contributed by atoms with Gasteiger partial charge in [0.15, 0.2) is 0 Å². The van der Waals surface area contributed by atoms with E-state index in [2.05, 4.69) is 5.32 Å². The molecule has 0 saturated heterocycles. The first-order valence-electron chi connectivity index (χ1n) is 5.94. The quantitative estimate of drug-likeness (QED) is 0.877. The van der Waals surface area contributed by atoms with Crippen LogP contribution in [0.15, 0.2) is 34.7 Å². The number of carboxylic acid groups (broad SMARTS) is 1. The van der Waals surface area contributed by atoms with Crippen LogP contribution >= 0.6 is 11.6 Å². The van der Waals surface area contributed by atoms with Crippen LogP contribution in [0.1, 0.15) is 29.3 Å². The van der Waals surface area contributed by atoms with Gasteiger partial charge in [-0.1, -0.05) is 11.6 Å². The highest BCUT2D eigenvalue weighted by Crippen LogP contribution is 2.31. The minimum Gasteiger partial charge on any atom is -0.495 e. The van der Waals surface area contributed by atoms with Gasteiger partial charge < -0.3 is 19.6 Å². The molecule has 0 aliphatic rings. The maximum absolute atomic E-state index is 10.8. The molecular formula is C14H14ClNO4. The molecule has 2 N–H and O–H groups in total. The minimum atomic E-state index is -1.09. The fraction of sp³-hybridized carbons (Fsp3) is 0.214. The third-order valence-electron chi connectivity index (χ3n) is 2.80. The Hall–Kier alpha value is -2.14. The lowest BCUT2D eigenvalue weighted by Gasteiger charge is -2.16. The van der Waals surface area contributed by atoms with Crippen LogP contribution in [0.5, 0.6) is 5.75 Å². The Morgan fingerprint density at radius 1 is 1.40 bits per heavy atom. The standard InChI is InChI=1S/C14H14ClNO4/c1-8(11-5-6-13(20-11)14(17)18)16-10-7-9(15)3-4-12(10)19-2/h3-8,16H,1-2H3,(H,17,18). The van der Waals surface area contributed by atoms with E-state index in [9.17, 15) is 4.79 Å². The fourth-order valence-electron chi connectivity index (χ4n) is 1.80. The van der Waals surface area contributed by atoms with Gasteiger partial charge in [0.25, 0.3) is 0 Å². The molecule has 1 aromatic heterocycles. The monoisotopic (exact) mass is 295 g/mol. The highest BCUT2D eigenvalue weighted by molar-refractivity contribution is 6.30. The fourth-order valence-corrected chi connectivity index (χ4v) is 1.97. The maximum atomic E-state index is 10.8. The van der Waals surface area contributed by atoms with Crippen molar-refractivity contribution in [2.75, 3.05) is 12.4 Å². The number of ether oxygens (including phenoxy) is 1. The zero-order valence-electron chi connectivity index (χ0n) is 11.0. The molecule has 0 radical (unpaired) electrons. The number of hydrogen-bond donors (Lipinski definition) is 2. The molecule has 6 heteroatoms. The zero-order valence-corrected chi connectivity index (χ0v) is 11.8. The number of methoxy groups -OCH3 is 1. The van der Waals surface area contributed by atoms with Crippen molar-refractivity contribution in [3.8, 4) is 5.75 Å². The van der Waals surface area contributed by atoms with E-state index in [1.165, 1.54) is 6.07 Å². The summed E-state index contributed by atoms with van der Waals surface area (Å²) < 4.78 is 10.5. The van der Waals surface area contributed by atoms with E-state index in [0.717, 1.165) is 0 Å². The molecule has 5 nitrogen and oxygen atoms in total. The molecule has 1 unspecified atom stereocenters. The van der Waals surface area contributed by atoms with E-state index in [1.54, 1.807) is 31.4 Å². The molecule has 1 aromatic carbocycles. The van der Waals surface area contributed by atoms with Crippen LogP contribution in [0.4, 0.5) is 5.69 Å². The van der Waals surface area contributed by atoms with Crippen LogP contribution < -0.4 is 10.1 Å². The number of furan rings is 1. The summed E-state index contributed by atoms with van der Waals surface area (Å²) in [6.07, 6.45) is 0. The smallest absolute Gasteiger partial charge is 0.371 e. The van der Waals surface area contributed by atoms with Gasteiger partial charge in [-0.2, -0.15) is 0 Å². The molecule has 0 bridgehead atoms. The number of benzene rings is 1. The number of carboxylic acids is 1. The molecule has 0 aliphatic heterocycles. The van der Waals surface area contributed by atoms with Crippen LogP contribution in [0.2, 0.25) is 5.02 Å². The van der Waals surface area contributed by atoms with Crippen molar-refractivity contribution < 1.29 is 19.1 Å². The number of hydrogen-bond acceptors (Lipinski definition) is 4. The maximum Gasteiger partial charge on any atom is 0.371 e. The molecule has 1 heterocycles. The van der Waals surface area contributed by atoms with Crippen LogP contribution in [-0.4, -0.2) is 18.2 Å². The average Bonchev–Trinajstić information content (AvgIpc) is 2.89. The van der Waals surface area contributed by atoms with E-state index >= 15 is 0 Å². The second-order valence-electron chi connectivity index (χ2n) is 4.22. The number of carbonyl (C=O) groups is 1. The normalized spacial score (nSPS) is 11.9. The van der Waals surface area contributed by atoms with Crippen LogP contribution in [0, 0.1) is 0 Å². The van der Waals surface area contributed by atoms with Gasteiger partial charge in [-0.05, 0) is 37.3 Å². The molecule has 0 fully saturated rings. The van der Waals surface area contributed by atoms with Crippen LogP contribution in [0.25, 0.3) is 0 Å². The Morgan fingerprint density at radius 3 is 2.75 bits per heavy atom. The molecule has 0 saturated carbocycles. The number of halogens is 1.